The molecule has 1 heterocycles. The Labute approximate surface area is 428 Å². The van der Waals surface area contributed by atoms with Gasteiger partial charge in [0.25, 0.3) is 0 Å². The molecule has 0 bridgehead atoms. The van der Waals surface area contributed by atoms with E-state index in [4.69, 9.17) is 18.9 Å². The topological polar surface area (TPSA) is 135 Å². The Hall–Kier alpha value is -2.89. The molecule has 0 radical (unpaired) electrons. The maximum atomic E-state index is 12.9. The summed E-state index contributed by atoms with van der Waals surface area (Å²) in [4.78, 5) is 12.9. The van der Waals surface area contributed by atoms with Crippen LogP contribution >= 0.6 is 0 Å². The Morgan fingerprint density at radius 2 is 0.871 bits per heavy atom. The van der Waals surface area contributed by atoms with E-state index >= 15 is 0 Å². The first-order chi connectivity index (χ1) is 34.4. The normalized spacial score (nSPS) is 19.7. The first-order valence-corrected chi connectivity index (χ1v) is 28.3. The number of rotatable bonds is 48. The standard InChI is InChI=1S/C61H104O9/c1-3-5-7-9-11-13-15-17-19-21-23-25-27-28-29-30-32-34-36-38-40-42-44-46-48-50-57(63)69-55(54-68-61-60(66)59(65)58(64)56(52-62)70-61)53-67-51-49-47-45-43-41-39-37-35-33-31-26-24-22-20-18-16-14-12-10-8-6-4-2/h5,7,11,13,17,19,22-25,28-29,32,34,38,40,55-56,58-62,64-66H,3-4,6,8-10,12,14-16,18,20-21,26-27,30-31,33,35-37,39,41-54H2,1-2H3/b7-5-,13-11-,19-17-,24-22-,25-23-,29-28-,34-32-,40-38-. The summed E-state index contributed by atoms with van der Waals surface area (Å²) in [6, 6.07) is 0. The number of carbonyl (C=O) groups excluding carboxylic acids is 1. The van der Waals surface area contributed by atoms with Crippen molar-refractivity contribution in [2.75, 3.05) is 26.4 Å². The van der Waals surface area contributed by atoms with Gasteiger partial charge in [-0.3, -0.25) is 4.79 Å². The molecule has 4 N–H and O–H groups in total. The van der Waals surface area contributed by atoms with Crippen molar-refractivity contribution in [2.24, 2.45) is 0 Å². The molecule has 1 aliphatic rings. The van der Waals surface area contributed by atoms with Gasteiger partial charge in [-0.1, -0.05) is 214 Å². The molecule has 402 valence electrons. The largest absolute Gasteiger partial charge is 0.457 e. The summed E-state index contributed by atoms with van der Waals surface area (Å²) < 4.78 is 22.9. The SMILES string of the molecule is CC/C=C\C/C=C\C/C=C\C/C=C\C/C=C\C/C=C\C/C=C\CCCCCC(=O)OC(COCCCCCCCCCCCC/C=C\CCCCCCCCCC)COC1OC(CO)C(O)C(O)C1O. The maximum Gasteiger partial charge on any atom is 0.306 e. The van der Waals surface area contributed by atoms with Crippen LogP contribution in [0.4, 0.5) is 0 Å². The Morgan fingerprint density at radius 3 is 1.33 bits per heavy atom. The van der Waals surface area contributed by atoms with Gasteiger partial charge in [0.05, 0.1) is 19.8 Å². The quantitative estimate of drug-likeness (QED) is 0.0267. The summed E-state index contributed by atoms with van der Waals surface area (Å²) in [6.45, 7) is 4.41. The van der Waals surface area contributed by atoms with Gasteiger partial charge < -0.3 is 39.4 Å². The predicted octanol–water partition coefficient (Wildman–Crippen LogP) is 14.7. The van der Waals surface area contributed by atoms with Crippen LogP contribution in [0.2, 0.25) is 0 Å². The van der Waals surface area contributed by atoms with E-state index in [0.29, 0.717) is 13.0 Å². The van der Waals surface area contributed by atoms with Crippen molar-refractivity contribution in [2.45, 2.75) is 256 Å². The number of carbonyl (C=O) groups is 1. The minimum absolute atomic E-state index is 0.125. The second-order valence-corrected chi connectivity index (χ2v) is 19.0. The minimum Gasteiger partial charge on any atom is -0.457 e. The van der Waals surface area contributed by atoms with Gasteiger partial charge in [0, 0.05) is 13.0 Å². The van der Waals surface area contributed by atoms with Crippen LogP contribution in [0.15, 0.2) is 97.2 Å². The summed E-state index contributed by atoms with van der Waals surface area (Å²) in [5.41, 5.74) is 0. The van der Waals surface area contributed by atoms with Crippen LogP contribution in [0, 0.1) is 0 Å². The number of aliphatic hydroxyl groups is 4. The van der Waals surface area contributed by atoms with Crippen LogP contribution < -0.4 is 0 Å². The lowest BCUT2D eigenvalue weighted by Gasteiger charge is -2.39. The smallest absolute Gasteiger partial charge is 0.306 e. The van der Waals surface area contributed by atoms with Crippen LogP contribution in [0.25, 0.3) is 0 Å². The van der Waals surface area contributed by atoms with Crippen molar-refractivity contribution in [1.82, 2.24) is 0 Å². The van der Waals surface area contributed by atoms with Gasteiger partial charge in [0.2, 0.25) is 0 Å². The molecule has 70 heavy (non-hydrogen) atoms. The molecule has 0 aliphatic carbocycles. The van der Waals surface area contributed by atoms with E-state index in [1.54, 1.807) is 0 Å². The third-order valence-corrected chi connectivity index (χ3v) is 12.5. The molecule has 6 unspecified atom stereocenters. The average molecular weight is 981 g/mol. The first-order valence-electron chi connectivity index (χ1n) is 28.3. The highest BCUT2D eigenvalue weighted by molar-refractivity contribution is 5.69. The summed E-state index contributed by atoms with van der Waals surface area (Å²) in [5, 5.41) is 40.3. The highest BCUT2D eigenvalue weighted by atomic mass is 16.7. The average Bonchev–Trinajstić information content (AvgIpc) is 3.36. The fourth-order valence-corrected chi connectivity index (χ4v) is 8.11. The molecule has 0 aromatic carbocycles. The van der Waals surface area contributed by atoms with Crippen LogP contribution in [-0.2, 0) is 23.7 Å². The second kappa shape index (κ2) is 51.0. The molecule has 9 heteroatoms. The fraction of sp³-hybridized carbons (Fsp3) is 0.721. The van der Waals surface area contributed by atoms with Crippen molar-refractivity contribution in [1.29, 1.82) is 0 Å². The zero-order valence-electron chi connectivity index (χ0n) is 44.5. The number of hydrogen-bond donors (Lipinski definition) is 4. The predicted molar refractivity (Wildman–Crippen MR) is 293 cm³/mol. The molecule has 9 nitrogen and oxygen atoms in total. The monoisotopic (exact) mass is 981 g/mol. The number of esters is 1. The fourth-order valence-electron chi connectivity index (χ4n) is 8.11. The molecule has 0 saturated carbocycles. The van der Waals surface area contributed by atoms with Crippen LogP contribution in [-0.4, -0.2) is 89.6 Å². The van der Waals surface area contributed by atoms with Gasteiger partial charge in [-0.25, -0.2) is 0 Å². The van der Waals surface area contributed by atoms with Crippen molar-refractivity contribution in [3.8, 4) is 0 Å². The number of unbranched alkanes of at least 4 members (excludes halogenated alkanes) is 21. The zero-order chi connectivity index (χ0) is 50.6. The van der Waals surface area contributed by atoms with Gasteiger partial charge in [-0.15, -0.1) is 0 Å². The molecule has 0 amide bonds. The van der Waals surface area contributed by atoms with Crippen molar-refractivity contribution >= 4 is 5.97 Å². The summed E-state index contributed by atoms with van der Waals surface area (Å²) >= 11 is 0. The van der Waals surface area contributed by atoms with Crippen LogP contribution in [0.3, 0.4) is 0 Å². The van der Waals surface area contributed by atoms with Crippen molar-refractivity contribution < 1.29 is 44.2 Å². The number of ether oxygens (including phenoxy) is 4. The van der Waals surface area contributed by atoms with E-state index in [0.717, 1.165) is 77.0 Å². The summed E-state index contributed by atoms with van der Waals surface area (Å²) in [5.74, 6) is -0.347. The molecule has 6 atom stereocenters. The first kappa shape index (κ1) is 65.1. The van der Waals surface area contributed by atoms with E-state index in [9.17, 15) is 25.2 Å². The van der Waals surface area contributed by atoms with Gasteiger partial charge in [-0.2, -0.15) is 0 Å². The highest BCUT2D eigenvalue weighted by Crippen LogP contribution is 2.23. The number of hydrogen-bond acceptors (Lipinski definition) is 9. The van der Waals surface area contributed by atoms with Gasteiger partial charge in [0.1, 0.15) is 30.5 Å². The molecule has 0 aromatic heterocycles. The summed E-state index contributed by atoms with van der Waals surface area (Å²) in [6.07, 6.45) is 64.5. The number of aliphatic hydroxyl groups excluding tert-OH is 4. The molecular formula is C61H104O9. The lowest BCUT2D eigenvalue weighted by Crippen LogP contribution is -2.59. The van der Waals surface area contributed by atoms with E-state index in [1.165, 1.54) is 116 Å². The third-order valence-electron chi connectivity index (χ3n) is 12.5. The molecule has 0 aromatic rings. The molecular weight excluding hydrogens is 877 g/mol. The van der Waals surface area contributed by atoms with Crippen molar-refractivity contribution in [3.05, 3.63) is 97.2 Å². The Kier molecular flexibility index (Phi) is 47.5. The molecule has 1 aliphatic heterocycles. The number of allylic oxidation sites excluding steroid dienone is 16. The third kappa shape index (κ3) is 40.7. The lowest BCUT2D eigenvalue weighted by atomic mass is 9.99. The highest BCUT2D eigenvalue weighted by Gasteiger charge is 2.44. The molecule has 1 saturated heterocycles. The molecule has 1 fully saturated rings. The zero-order valence-corrected chi connectivity index (χ0v) is 44.5. The van der Waals surface area contributed by atoms with E-state index in [2.05, 4.69) is 111 Å². The van der Waals surface area contributed by atoms with Gasteiger partial charge in [-0.05, 0) is 96.3 Å². The van der Waals surface area contributed by atoms with E-state index < -0.39 is 43.4 Å². The Morgan fingerprint density at radius 1 is 0.471 bits per heavy atom. The van der Waals surface area contributed by atoms with Gasteiger partial charge >= 0.3 is 5.97 Å². The molecule has 1 rings (SSSR count). The Balaban J connectivity index is 2.22. The maximum absolute atomic E-state index is 12.9. The second-order valence-electron chi connectivity index (χ2n) is 19.0. The van der Waals surface area contributed by atoms with Crippen molar-refractivity contribution in [3.63, 3.8) is 0 Å². The van der Waals surface area contributed by atoms with Crippen LogP contribution in [0.5, 0.6) is 0 Å². The Bertz CT molecular complexity index is 1390. The van der Waals surface area contributed by atoms with E-state index in [-0.39, 0.29) is 25.6 Å². The van der Waals surface area contributed by atoms with E-state index in [1.807, 2.05) is 0 Å². The minimum atomic E-state index is -1.55. The lowest BCUT2D eigenvalue weighted by molar-refractivity contribution is -0.305. The van der Waals surface area contributed by atoms with Crippen LogP contribution in [0.1, 0.15) is 219 Å². The summed E-state index contributed by atoms with van der Waals surface area (Å²) in [7, 11) is 0. The molecule has 0 spiro atoms. The van der Waals surface area contributed by atoms with Gasteiger partial charge in [0.15, 0.2) is 6.29 Å².